The van der Waals surface area contributed by atoms with Gasteiger partial charge in [0.15, 0.2) is 0 Å². The molecule has 0 radical (unpaired) electrons. The molecule has 1 aromatic heterocycles. The summed E-state index contributed by atoms with van der Waals surface area (Å²) >= 11 is 0. The Hall–Kier alpha value is -2.41. The molecule has 3 rings (SSSR count). The first-order valence-corrected chi connectivity index (χ1v) is 8.13. The van der Waals surface area contributed by atoms with Gasteiger partial charge in [0.25, 0.3) is 0 Å². The Morgan fingerprint density at radius 3 is 2.96 bits per heavy atom. The van der Waals surface area contributed by atoms with E-state index in [-0.39, 0.29) is 17.6 Å². The van der Waals surface area contributed by atoms with E-state index in [1.165, 1.54) is 6.92 Å². The SMILES string of the molecule is CC(=O)NCCc1nc2cc(C(=O)O)ccc2n1CC1CCCO1. The third kappa shape index (κ3) is 3.56. The maximum atomic E-state index is 11.2. The number of carbonyl (C=O) groups excluding carboxylic acids is 1. The molecule has 0 bridgehead atoms. The third-order valence-corrected chi connectivity index (χ3v) is 4.21. The highest BCUT2D eigenvalue weighted by Gasteiger charge is 2.20. The Kier molecular flexibility index (Phi) is 4.80. The minimum atomic E-state index is -0.967. The monoisotopic (exact) mass is 331 g/mol. The van der Waals surface area contributed by atoms with Gasteiger partial charge < -0.3 is 19.7 Å². The van der Waals surface area contributed by atoms with E-state index >= 15 is 0 Å². The summed E-state index contributed by atoms with van der Waals surface area (Å²) in [6, 6.07) is 4.98. The first kappa shape index (κ1) is 16.4. The standard InChI is InChI=1S/C17H21N3O4/c1-11(21)18-7-6-16-19-14-9-12(17(22)23)4-5-15(14)20(16)10-13-3-2-8-24-13/h4-5,9,13H,2-3,6-8,10H2,1H3,(H,18,21)(H,22,23). The Morgan fingerprint density at radius 1 is 1.46 bits per heavy atom. The minimum absolute atomic E-state index is 0.0787. The number of rotatable bonds is 6. The van der Waals surface area contributed by atoms with Crippen molar-refractivity contribution < 1.29 is 19.4 Å². The summed E-state index contributed by atoms with van der Waals surface area (Å²) in [5, 5.41) is 11.9. The Bertz CT molecular complexity index is 763. The Labute approximate surface area is 139 Å². The topological polar surface area (TPSA) is 93.5 Å². The first-order chi connectivity index (χ1) is 11.5. The Morgan fingerprint density at radius 2 is 2.29 bits per heavy atom. The van der Waals surface area contributed by atoms with Crippen LogP contribution in [0.2, 0.25) is 0 Å². The van der Waals surface area contributed by atoms with Crippen LogP contribution in [0.25, 0.3) is 11.0 Å². The predicted octanol–water partition coefficient (Wildman–Crippen LogP) is 1.59. The maximum absolute atomic E-state index is 11.2. The largest absolute Gasteiger partial charge is 0.478 e. The van der Waals surface area contributed by atoms with Crippen molar-refractivity contribution in [1.29, 1.82) is 0 Å². The van der Waals surface area contributed by atoms with Crippen molar-refractivity contribution in [2.45, 2.75) is 38.8 Å². The molecule has 0 spiro atoms. The van der Waals surface area contributed by atoms with Gasteiger partial charge in [-0.25, -0.2) is 9.78 Å². The number of benzene rings is 1. The van der Waals surface area contributed by atoms with E-state index < -0.39 is 5.97 Å². The fourth-order valence-electron chi connectivity index (χ4n) is 3.05. The molecule has 7 nitrogen and oxygen atoms in total. The molecule has 1 saturated heterocycles. The molecule has 1 unspecified atom stereocenters. The van der Waals surface area contributed by atoms with Crippen molar-refractivity contribution in [3.8, 4) is 0 Å². The molecule has 1 amide bonds. The van der Waals surface area contributed by atoms with Gasteiger partial charge in [0.1, 0.15) is 5.82 Å². The van der Waals surface area contributed by atoms with Crippen molar-refractivity contribution in [3.05, 3.63) is 29.6 Å². The second-order valence-corrected chi connectivity index (χ2v) is 6.02. The van der Waals surface area contributed by atoms with E-state index in [4.69, 9.17) is 9.84 Å². The van der Waals surface area contributed by atoms with E-state index in [1.54, 1.807) is 18.2 Å². The van der Waals surface area contributed by atoms with E-state index in [1.807, 2.05) is 0 Å². The lowest BCUT2D eigenvalue weighted by atomic mass is 10.2. The van der Waals surface area contributed by atoms with Crippen molar-refractivity contribution in [2.75, 3.05) is 13.2 Å². The number of aromatic carboxylic acids is 1. The lowest BCUT2D eigenvalue weighted by molar-refractivity contribution is -0.118. The van der Waals surface area contributed by atoms with Crippen LogP contribution in [0, 0.1) is 0 Å². The molecule has 0 aliphatic carbocycles. The van der Waals surface area contributed by atoms with E-state index in [0.717, 1.165) is 30.8 Å². The molecule has 1 fully saturated rings. The number of carbonyl (C=O) groups is 2. The maximum Gasteiger partial charge on any atom is 0.335 e. The lowest BCUT2D eigenvalue weighted by Crippen LogP contribution is -2.24. The molecule has 1 atom stereocenters. The molecular formula is C17H21N3O4. The average Bonchev–Trinajstić information content (AvgIpc) is 3.15. The van der Waals surface area contributed by atoms with Crippen LogP contribution in [0.4, 0.5) is 0 Å². The van der Waals surface area contributed by atoms with Crippen molar-refractivity contribution in [3.63, 3.8) is 0 Å². The zero-order chi connectivity index (χ0) is 17.1. The van der Waals surface area contributed by atoms with Gasteiger partial charge in [-0.3, -0.25) is 4.79 Å². The number of ether oxygens (including phenoxy) is 1. The van der Waals surface area contributed by atoms with Gasteiger partial charge >= 0.3 is 5.97 Å². The number of amides is 1. The molecule has 1 aromatic carbocycles. The summed E-state index contributed by atoms with van der Waals surface area (Å²) in [6.45, 7) is 3.45. The highest BCUT2D eigenvalue weighted by Crippen LogP contribution is 2.22. The van der Waals surface area contributed by atoms with Gasteiger partial charge in [0.05, 0.1) is 29.2 Å². The van der Waals surface area contributed by atoms with Crippen LogP contribution >= 0.6 is 0 Å². The van der Waals surface area contributed by atoms with Crippen LogP contribution in [-0.4, -0.2) is 45.8 Å². The van der Waals surface area contributed by atoms with E-state index in [2.05, 4.69) is 14.9 Å². The number of carboxylic acid groups (broad SMARTS) is 1. The van der Waals surface area contributed by atoms with E-state index in [0.29, 0.717) is 25.0 Å². The zero-order valence-corrected chi connectivity index (χ0v) is 13.6. The molecule has 2 aromatic rings. The minimum Gasteiger partial charge on any atom is -0.478 e. The molecule has 128 valence electrons. The van der Waals surface area contributed by atoms with Crippen LogP contribution in [0.3, 0.4) is 0 Å². The summed E-state index contributed by atoms with van der Waals surface area (Å²) in [4.78, 5) is 26.8. The second-order valence-electron chi connectivity index (χ2n) is 6.02. The van der Waals surface area contributed by atoms with Crippen LogP contribution < -0.4 is 5.32 Å². The normalized spacial score (nSPS) is 17.3. The van der Waals surface area contributed by atoms with Crippen LogP contribution in [0.15, 0.2) is 18.2 Å². The van der Waals surface area contributed by atoms with Crippen molar-refractivity contribution in [1.82, 2.24) is 14.9 Å². The fraction of sp³-hybridized carbons (Fsp3) is 0.471. The summed E-state index contributed by atoms with van der Waals surface area (Å²) in [5.41, 5.74) is 1.77. The zero-order valence-electron chi connectivity index (χ0n) is 13.6. The lowest BCUT2D eigenvalue weighted by Gasteiger charge is -2.14. The van der Waals surface area contributed by atoms with Crippen molar-refractivity contribution in [2.24, 2.45) is 0 Å². The number of nitrogens with one attached hydrogen (secondary N) is 1. The molecule has 1 aliphatic heterocycles. The summed E-state index contributed by atoms with van der Waals surface area (Å²) in [5.74, 6) is -0.216. The summed E-state index contributed by atoms with van der Waals surface area (Å²) in [7, 11) is 0. The number of hydrogen-bond acceptors (Lipinski definition) is 4. The third-order valence-electron chi connectivity index (χ3n) is 4.21. The van der Waals surface area contributed by atoms with Gasteiger partial charge in [-0.1, -0.05) is 0 Å². The number of aromatic nitrogens is 2. The number of fused-ring (bicyclic) bond motifs is 1. The molecule has 2 heterocycles. The molecule has 2 N–H and O–H groups in total. The molecule has 24 heavy (non-hydrogen) atoms. The molecule has 0 saturated carbocycles. The molecular weight excluding hydrogens is 310 g/mol. The van der Waals surface area contributed by atoms with Crippen LogP contribution in [-0.2, 0) is 22.5 Å². The van der Waals surface area contributed by atoms with Crippen LogP contribution in [0.1, 0.15) is 35.9 Å². The second kappa shape index (κ2) is 7.00. The highest BCUT2D eigenvalue weighted by molar-refractivity contribution is 5.92. The highest BCUT2D eigenvalue weighted by atomic mass is 16.5. The first-order valence-electron chi connectivity index (χ1n) is 8.13. The van der Waals surface area contributed by atoms with Gasteiger partial charge in [-0.15, -0.1) is 0 Å². The quantitative estimate of drug-likeness (QED) is 0.838. The molecule has 7 heteroatoms. The summed E-state index contributed by atoms with van der Waals surface area (Å²) < 4.78 is 7.80. The van der Waals surface area contributed by atoms with Crippen LogP contribution in [0.5, 0.6) is 0 Å². The van der Waals surface area contributed by atoms with Crippen molar-refractivity contribution >= 4 is 22.9 Å². The number of imidazole rings is 1. The summed E-state index contributed by atoms with van der Waals surface area (Å²) in [6.07, 6.45) is 2.81. The number of nitrogens with zero attached hydrogens (tertiary/aromatic N) is 2. The predicted molar refractivity (Wildman–Crippen MR) is 88.1 cm³/mol. The average molecular weight is 331 g/mol. The molecule has 1 aliphatic rings. The number of hydrogen-bond donors (Lipinski definition) is 2. The van der Waals surface area contributed by atoms with Gasteiger partial charge in [0.2, 0.25) is 5.91 Å². The van der Waals surface area contributed by atoms with Gasteiger partial charge in [-0.05, 0) is 31.0 Å². The van der Waals surface area contributed by atoms with Gasteiger partial charge in [-0.2, -0.15) is 0 Å². The smallest absolute Gasteiger partial charge is 0.335 e. The van der Waals surface area contributed by atoms with Gasteiger partial charge in [0, 0.05) is 26.5 Å². The van der Waals surface area contributed by atoms with E-state index in [9.17, 15) is 9.59 Å². The Balaban J connectivity index is 1.92. The fourth-order valence-corrected chi connectivity index (χ4v) is 3.05. The number of carboxylic acids is 1.